The van der Waals surface area contributed by atoms with Crippen molar-refractivity contribution in [1.29, 1.82) is 0 Å². The summed E-state index contributed by atoms with van der Waals surface area (Å²) in [6.45, 7) is 3.32. The van der Waals surface area contributed by atoms with Gasteiger partial charge >= 0.3 is 0 Å². The number of thioether (sulfide) groups is 1. The summed E-state index contributed by atoms with van der Waals surface area (Å²) in [5.74, 6) is 0.0232. The number of halogens is 1. The molecule has 2 aliphatic heterocycles. The summed E-state index contributed by atoms with van der Waals surface area (Å²) < 4.78 is 1.49. The Morgan fingerprint density at radius 2 is 2.22 bits per heavy atom. The number of likely N-dealkylation sites (tertiary alicyclic amines) is 1. The quantitative estimate of drug-likeness (QED) is 0.460. The Balaban J connectivity index is 1.63. The lowest BCUT2D eigenvalue weighted by Crippen LogP contribution is -2.44. The lowest BCUT2D eigenvalue weighted by molar-refractivity contribution is -0.135. The summed E-state index contributed by atoms with van der Waals surface area (Å²) in [4.78, 5) is 29.6. The first-order valence-corrected chi connectivity index (χ1v) is 11.3. The summed E-state index contributed by atoms with van der Waals surface area (Å²) in [5, 5.41) is 0. The van der Waals surface area contributed by atoms with Gasteiger partial charge in [-0.15, -0.1) is 0 Å². The highest BCUT2D eigenvalue weighted by molar-refractivity contribution is 9.10. The number of carbonyl (C=O) groups is 2. The SMILES string of the molecule is CCC1CCCCN1C(=O)CCN1C(=O)/C(=C\c2cccc(Br)c2)SC1=S. The van der Waals surface area contributed by atoms with E-state index < -0.39 is 0 Å². The minimum atomic E-state index is -0.108. The van der Waals surface area contributed by atoms with E-state index in [0.717, 1.165) is 35.8 Å². The molecule has 2 saturated heterocycles. The maximum absolute atomic E-state index is 12.7. The first kappa shape index (κ1) is 20.6. The Hall–Kier alpha value is -1.18. The first-order valence-electron chi connectivity index (χ1n) is 9.30. The largest absolute Gasteiger partial charge is 0.340 e. The molecule has 0 saturated carbocycles. The van der Waals surface area contributed by atoms with E-state index in [1.54, 1.807) is 4.90 Å². The monoisotopic (exact) mass is 466 g/mol. The van der Waals surface area contributed by atoms with E-state index in [4.69, 9.17) is 12.2 Å². The molecule has 2 aliphatic rings. The standard InChI is InChI=1S/C20H23BrN2O2S2/c1-2-16-8-3-4-10-22(16)18(24)9-11-23-19(25)17(27-20(23)26)13-14-6-5-7-15(21)12-14/h5-7,12-13,16H,2-4,8-11H2,1H3/b17-13+. The van der Waals surface area contributed by atoms with Crippen LogP contribution in [0.4, 0.5) is 0 Å². The van der Waals surface area contributed by atoms with Crippen molar-refractivity contribution in [3.05, 3.63) is 39.2 Å². The average Bonchev–Trinajstić information content (AvgIpc) is 2.92. The van der Waals surface area contributed by atoms with Gasteiger partial charge in [0.25, 0.3) is 5.91 Å². The van der Waals surface area contributed by atoms with Gasteiger partial charge in [0, 0.05) is 30.0 Å². The van der Waals surface area contributed by atoms with Crippen molar-refractivity contribution in [1.82, 2.24) is 9.80 Å². The van der Waals surface area contributed by atoms with Gasteiger partial charge in [-0.25, -0.2) is 0 Å². The van der Waals surface area contributed by atoms with Gasteiger partial charge in [-0.1, -0.05) is 59.0 Å². The fraction of sp³-hybridized carbons (Fsp3) is 0.450. The number of nitrogens with zero attached hydrogens (tertiary/aromatic N) is 2. The molecular formula is C20H23BrN2O2S2. The first-order chi connectivity index (χ1) is 13.0. The lowest BCUT2D eigenvalue weighted by Gasteiger charge is -2.35. The zero-order chi connectivity index (χ0) is 19.4. The van der Waals surface area contributed by atoms with Gasteiger partial charge in [-0.3, -0.25) is 14.5 Å². The topological polar surface area (TPSA) is 40.6 Å². The number of piperidine rings is 1. The van der Waals surface area contributed by atoms with E-state index >= 15 is 0 Å². The molecule has 7 heteroatoms. The van der Waals surface area contributed by atoms with Crippen LogP contribution in [0.1, 0.15) is 44.6 Å². The minimum absolute atomic E-state index is 0.108. The maximum Gasteiger partial charge on any atom is 0.266 e. The van der Waals surface area contributed by atoms with Crippen LogP contribution in [-0.2, 0) is 9.59 Å². The van der Waals surface area contributed by atoms with Crippen molar-refractivity contribution < 1.29 is 9.59 Å². The third kappa shape index (κ3) is 5.00. The van der Waals surface area contributed by atoms with Crippen LogP contribution in [0, 0.1) is 0 Å². The van der Waals surface area contributed by atoms with Crippen LogP contribution in [0.15, 0.2) is 33.6 Å². The van der Waals surface area contributed by atoms with Gasteiger partial charge < -0.3 is 4.90 Å². The predicted molar refractivity (Wildman–Crippen MR) is 118 cm³/mol. The van der Waals surface area contributed by atoms with Crippen molar-refractivity contribution >= 4 is 62.1 Å². The van der Waals surface area contributed by atoms with Crippen molar-refractivity contribution in [2.24, 2.45) is 0 Å². The molecule has 3 rings (SSSR count). The molecule has 0 radical (unpaired) electrons. The third-order valence-electron chi connectivity index (χ3n) is 4.99. The molecule has 2 fully saturated rings. The maximum atomic E-state index is 12.7. The van der Waals surface area contributed by atoms with Crippen LogP contribution in [0.3, 0.4) is 0 Å². The van der Waals surface area contributed by atoms with E-state index in [1.807, 2.05) is 35.2 Å². The van der Waals surface area contributed by atoms with Gasteiger partial charge in [-0.2, -0.15) is 0 Å². The number of carbonyl (C=O) groups excluding carboxylic acids is 2. The number of hydrogen-bond donors (Lipinski definition) is 0. The molecule has 0 aromatic heterocycles. The normalized spacial score (nSPS) is 22.0. The van der Waals surface area contributed by atoms with Crippen LogP contribution in [0.2, 0.25) is 0 Å². The Labute approximate surface area is 178 Å². The van der Waals surface area contributed by atoms with Crippen LogP contribution in [0.5, 0.6) is 0 Å². The second-order valence-corrected chi connectivity index (χ2v) is 9.37. The van der Waals surface area contributed by atoms with Crippen molar-refractivity contribution in [3.63, 3.8) is 0 Å². The van der Waals surface area contributed by atoms with Crippen molar-refractivity contribution in [2.75, 3.05) is 13.1 Å². The Bertz CT molecular complexity index is 781. The summed E-state index contributed by atoms with van der Waals surface area (Å²) in [5.41, 5.74) is 0.944. The fourth-order valence-electron chi connectivity index (χ4n) is 3.54. The highest BCUT2D eigenvalue weighted by Gasteiger charge is 2.33. The molecule has 27 heavy (non-hydrogen) atoms. The molecule has 0 bridgehead atoms. The summed E-state index contributed by atoms with van der Waals surface area (Å²) in [6.07, 6.45) is 6.51. The second-order valence-electron chi connectivity index (χ2n) is 6.78. The Morgan fingerprint density at radius 3 is 2.96 bits per heavy atom. The molecule has 4 nitrogen and oxygen atoms in total. The number of rotatable bonds is 5. The van der Waals surface area contributed by atoms with Crippen LogP contribution < -0.4 is 0 Å². The molecule has 1 unspecified atom stereocenters. The molecule has 2 amide bonds. The van der Waals surface area contributed by atoms with E-state index in [9.17, 15) is 9.59 Å². The molecule has 0 spiro atoms. The number of thiocarbonyl (C=S) groups is 1. The zero-order valence-electron chi connectivity index (χ0n) is 15.3. The Kier molecular flexibility index (Phi) is 7.11. The summed E-state index contributed by atoms with van der Waals surface area (Å²) in [7, 11) is 0. The average molecular weight is 467 g/mol. The number of hydrogen-bond acceptors (Lipinski definition) is 4. The van der Waals surface area contributed by atoms with Crippen molar-refractivity contribution in [2.45, 2.75) is 45.1 Å². The van der Waals surface area contributed by atoms with Gasteiger partial charge in [0.1, 0.15) is 4.32 Å². The van der Waals surface area contributed by atoms with E-state index in [0.29, 0.717) is 28.2 Å². The molecule has 1 aromatic rings. The lowest BCUT2D eigenvalue weighted by atomic mass is 9.99. The molecule has 144 valence electrons. The van der Waals surface area contributed by atoms with Gasteiger partial charge in [0.15, 0.2) is 0 Å². The second kappa shape index (κ2) is 9.34. The summed E-state index contributed by atoms with van der Waals surface area (Å²) in [6, 6.07) is 8.12. The predicted octanol–water partition coefficient (Wildman–Crippen LogP) is 4.83. The molecule has 0 N–H and O–H groups in total. The van der Waals surface area contributed by atoms with Crippen LogP contribution in [0.25, 0.3) is 6.08 Å². The van der Waals surface area contributed by atoms with Gasteiger partial charge in [0.2, 0.25) is 5.91 Å². The molecule has 2 heterocycles. The molecule has 1 atom stereocenters. The number of amides is 2. The Morgan fingerprint density at radius 1 is 1.41 bits per heavy atom. The highest BCUT2D eigenvalue weighted by Crippen LogP contribution is 2.33. The van der Waals surface area contributed by atoms with Crippen LogP contribution in [-0.4, -0.2) is 45.1 Å². The molecular weight excluding hydrogens is 444 g/mol. The van der Waals surface area contributed by atoms with E-state index in [1.165, 1.54) is 18.2 Å². The van der Waals surface area contributed by atoms with Gasteiger partial charge in [0.05, 0.1) is 4.91 Å². The highest BCUT2D eigenvalue weighted by atomic mass is 79.9. The third-order valence-corrected chi connectivity index (χ3v) is 6.86. The van der Waals surface area contributed by atoms with E-state index in [-0.39, 0.29) is 11.8 Å². The van der Waals surface area contributed by atoms with Gasteiger partial charge in [-0.05, 0) is 49.5 Å². The van der Waals surface area contributed by atoms with Crippen molar-refractivity contribution in [3.8, 4) is 0 Å². The van der Waals surface area contributed by atoms with E-state index in [2.05, 4.69) is 22.9 Å². The number of benzene rings is 1. The molecule has 0 aliphatic carbocycles. The summed E-state index contributed by atoms with van der Waals surface area (Å²) >= 11 is 10.1. The fourth-order valence-corrected chi connectivity index (χ4v) is 5.27. The smallest absolute Gasteiger partial charge is 0.266 e. The zero-order valence-corrected chi connectivity index (χ0v) is 18.5. The van der Waals surface area contributed by atoms with Crippen LogP contribution >= 0.6 is 39.9 Å². The minimum Gasteiger partial charge on any atom is -0.340 e. The molecule has 1 aromatic carbocycles.